The van der Waals surface area contributed by atoms with Gasteiger partial charge in [-0.1, -0.05) is 42.5 Å². The van der Waals surface area contributed by atoms with Gasteiger partial charge in [0.25, 0.3) is 0 Å². The van der Waals surface area contributed by atoms with E-state index in [1.54, 1.807) is 0 Å². The zero-order valence-corrected chi connectivity index (χ0v) is 10.2. The molecule has 0 spiro atoms. The van der Waals surface area contributed by atoms with Crippen molar-refractivity contribution in [2.24, 2.45) is 0 Å². The van der Waals surface area contributed by atoms with Crippen LogP contribution in [0.3, 0.4) is 0 Å². The predicted octanol–water partition coefficient (Wildman–Crippen LogP) is 2.26. The Labute approximate surface area is 107 Å². The van der Waals surface area contributed by atoms with Gasteiger partial charge in [-0.05, 0) is 12.0 Å². The summed E-state index contributed by atoms with van der Waals surface area (Å²) in [6.07, 6.45) is 4.52. The first-order valence-corrected chi connectivity index (χ1v) is 6.06. The van der Waals surface area contributed by atoms with Crippen molar-refractivity contribution < 1.29 is 14.3 Å². The monoisotopic (exact) mass is 247 g/mol. The molecule has 0 saturated heterocycles. The predicted molar refractivity (Wildman–Crippen MR) is 68.1 cm³/mol. The van der Waals surface area contributed by atoms with Gasteiger partial charge in [-0.2, -0.15) is 0 Å². The first kappa shape index (κ1) is 12.6. The summed E-state index contributed by atoms with van der Waals surface area (Å²) >= 11 is 0. The van der Waals surface area contributed by atoms with Gasteiger partial charge in [-0.25, -0.2) is 4.79 Å². The standard InChI is InChI=1S/C14H17NO3/c16-14(15-10-13-8-4-5-9-17-13)18-11-12-6-2-1-3-7-12/h1-7,13H,8-11H2,(H,15,16). The van der Waals surface area contributed by atoms with E-state index in [0.29, 0.717) is 13.2 Å². The van der Waals surface area contributed by atoms with E-state index < -0.39 is 6.09 Å². The maximum Gasteiger partial charge on any atom is 0.407 e. The molecular weight excluding hydrogens is 230 g/mol. The van der Waals surface area contributed by atoms with Crippen molar-refractivity contribution in [3.8, 4) is 0 Å². The van der Waals surface area contributed by atoms with Gasteiger partial charge in [-0.15, -0.1) is 0 Å². The second-order valence-electron chi connectivity index (χ2n) is 4.11. The highest BCUT2D eigenvalue weighted by atomic mass is 16.5. The molecule has 1 heterocycles. The zero-order chi connectivity index (χ0) is 12.6. The van der Waals surface area contributed by atoms with Gasteiger partial charge in [0.05, 0.1) is 12.7 Å². The number of nitrogens with one attached hydrogen (secondary N) is 1. The molecule has 1 amide bonds. The van der Waals surface area contributed by atoms with Crippen LogP contribution in [0, 0.1) is 0 Å². The highest BCUT2D eigenvalue weighted by molar-refractivity contribution is 5.67. The van der Waals surface area contributed by atoms with Crippen molar-refractivity contribution in [2.45, 2.75) is 19.1 Å². The van der Waals surface area contributed by atoms with E-state index in [0.717, 1.165) is 12.0 Å². The maximum absolute atomic E-state index is 11.5. The van der Waals surface area contributed by atoms with Gasteiger partial charge in [0.15, 0.2) is 0 Å². The van der Waals surface area contributed by atoms with Crippen LogP contribution >= 0.6 is 0 Å². The summed E-state index contributed by atoms with van der Waals surface area (Å²) in [6, 6.07) is 9.60. The van der Waals surface area contributed by atoms with Crippen molar-refractivity contribution in [1.29, 1.82) is 0 Å². The highest BCUT2D eigenvalue weighted by Gasteiger charge is 2.11. The molecule has 2 rings (SSSR count). The van der Waals surface area contributed by atoms with Crippen molar-refractivity contribution in [2.75, 3.05) is 13.2 Å². The van der Waals surface area contributed by atoms with Crippen molar-refractivity contribution in [3.63, 3.8) is 0 Å². The van der Waals surface area contributed by atoms with Crippen LogP contribution in [-0.2, 0) is 16.1 Å². The second-order valence-corrected chi connectivity index (χ2v) is 4.11. The molecule has 1 atom stereocenters. The Hall–Kier alpha value is -1.81. The molecule has 1 aromatic rings. The Morgan fingerprint density at radius 3 is 2.89 bits per heavy atom. The van der Waals surface area contributed by atoms with Crippen LogP contribution in [0.5, 0.6) is 0 Å². The summed E-state index contributed by atoms with van der Waals surface area (Å²) in [5, 5.41) is 2.70. The fourth-order valence-corrected chi connectivity index (χ4v) is 1.69. The molecule has 0 aliphatic carbocycles. The highest BCUT2D eigenvalue weighted by Crippen LogP contribution is 2.05. The minimum Gasteiger partial charge on any atom is -0.445 e. The zero-order valence-electron chi connectivity index (χ0n) is 10.2. The Balaban J connectivity index is 1.64. The van der Waals surface area contributed by atoms with Gasteiger partial charge in [0.1, 0.15) is 6.61 Å². The molecule has 18 heavy (non-hydrogen) atoms. The quantitative estimate of drug-likeness (QED) is 0.830. The normalized spacial score (nSPS) is 18.3. The summed E-state index contributed by atoms with van der Waals surface area (Å²) < 4.78 is 10.5. The van der Waals surface area contributed by atoms with Gasteiger partial charge < -0.3 is 14.8 Å². The number of rotatable bonds is 4. The molecule has 0 fully saturated rings. The summed E-state index contributed by atoms with van der Waals surface area (Å²) in [6.45, 7) is 1.39. The second kappa shape index (κ2) is 6.81. The Kier molecular flexibility index (Phi) is 4.78. The lowest BCUT2D eigenvalue weighted by Gasteiger charge is -2.18. The number of hydrogen-bond donors (Lipinski definition) is 1. The van der Waals surface area contributed by atoms with Crippen molar-refractivity contribution in [3.05, 3.63) is 48.0 Å². The molecule has 1 N–H and O–H groups in total. The summed E-state index contributed by atoms with van der Waals surface area (Å²) in [5.74, 6) is 0. The van der Waals surface area contributed by atoms with E-state index in [9.17, 15) is 4.79 Å². The Morgan fingerprint density at radius 1 is 1.33 bits per heavy atom. The average Bonchev–Trinajstić information content (AvgIpc) is 2.45. The summed E-state index contributed by atoms with van der Waals surface area (Å²) in [7, 11) is 0. The third kappa shape index (κ3) is 4.22. The molecule has 1 aliphatic heterocycles. The maximum atomic E-state index is 11.5. The smallest absolute Gasteiger partial charge is 0.407 e. The minimum atomic E-state index is -0.406. The van der Waals surface area contributed by atoms with Crippen LogP contribution < -0.4 is 5.32 Å². The first-order chi connectivity index (χ1) is 8.84. The molecule has 1 aromatic carbocycles. The number of benzene rings is 1. The van der Waals surface area contributed by atoms with Crippen LogP contribution in [0.15, 0.2) is 42.5 Å². The van der Waals surface area contributed by atoms with Crippen LogP contribution in [0.1, 0.15) is 12.0 Å². The SMILES string of the molecule is O=C(NCC1CC=CCO1)OCc1ccccc1. The van der Waals surface area contributed by atoms with Gasteiger partial charge >= 0.3 is 6.09 Å². The van der Waals surface area contributed by atoms with E-state index >= 15 is 0 Å². The topological polar surface area (TPSA) is 47.6 Å². The third-order valence-corrected chi connectivity index (χ3v) is 2.68. The first-order valence-electron chi connectivity index (χ1n) is 6.06. The van der Waals surface area contributed by atoms with Crippen LogP contribution in [0.25, 0.3) is 0 Å². The van der Waals surface area contributed by atoms with E-state index in [4.69, 9.17) is 9.47 Å². The number of ether oxygens (including phenoxy) is 2. The number of amides is 1. The molecule has 1 aliphatic rings. The van der Waals surface area contributed by atoms with Gasteiger partial charge in [-0.3, -0.25) is 0 Å². The number of hydrogen-bond acceptors (Lipinski definition) is 3. The summed E-state index contributed by atoms with van der Waals surface area (Å²) in [4.78, 5) is 11.5. The van der Waals surface area contributed by atoms with Crippen LogP contribution in [-0.4, -0.2) is 25.3 Å². The van der Waals surface area contributed by atoms with Crippen LogP contribution in [0.2, 0.25) is 0 Å². The lowest BCUT2D eigenvalue weighted by atomic mass is 10.2. The van der Waals surface area contributed by atoms with E-state index in [1.165, 1.54) is 0 Å². The van der Waals surface area contributed by atoms with E-state index in [1.807, 2.05) is 36.4 Å². The third-order valence-electron chi connectivity index (χ3n) is 2.68. The van der Waals surface area contributed by atoms with E-state index in [-0.39, 0.29) is 12.7 Å². The number of carbonyl (C=O) groups excluding carboxylic acids is 1. The van der Waals surface area contributed by atoms with Gasteiger partial charge in [0.2, 0.25) is 0 Å². The molecule has 96 valence electrons. The van der Waals surface area contributed by atoms with Gasteiger partial charge in [0, 0.05) is 6.54 Å². The summed E-state index contributed by atoms with van der Waals surface area (Å²) in [5.41, 5.74) is 0.976. The molecule has 0 saturated carbocycles. The molecule has 0 bridgehead atoms. The average molecular weight is 247 g/mol. The number of carbonyl (C=O) groups is 1. The van der Waals surface area contributed by atoms with Crippen LogP contribution in [0.4, 0.5) is 4.79 Å². The molecular formula is C14H17NO3. The fraction of sp³-hybridized carbons (Fsp3) is 0.357. The lowest BCUT2D eigenvalue weighted by Crippen LogP contribution is -2.34. The number of alkyl carbamates (subject to hydrolysis) is 1. The molecule has 4 nitrogen and oxygen atoms in total. The largest absolute Gasteiger partial charge is 0.445 e. The Morgan fingerprint density at radius 2 is 2.17 bits per heavy atom. The molecule has 0 aromatic heterocycles. The van der Waals surface area contributed by atoms with Crippen molar-refractivity contribution in [1.82, 2.24) is 5.32 Å². The molecule has 1 unspecified atom stereocenters. The fourth-order valence-electron chi connectivity index (χ4n) is 1.69. The van der Waals surface area contributed by atoms with Crippen molar-refractivity contribution >= 4 is 6.09 Å². The Bertz CT molecular complexity index is 403. The molecule has 0 radical (unpaired) electrons. The van der Waals surface area contributed by atoms with E-state index in [2.05, 4.69) is 11.4 Å². The lowest BCUT2D eigenvalue weighted by molar-refractivity contribution is 0.0643. The minimum absolute atomic E-state index is 0.0549. The molecule has 4 heteroatoms.